The largest absolute Gasteiger partial charge is 0.335 e. The predicted molar refractivity (Wildman–Crippen MR) is 100 cm³/mol. The summed E-state index contributed by atoms with van der Waals surface area (Å²) >= 11 is 0. The molecule has 0 aliphatic heterocycles. The van der Waals surface area contributed by atoms with Crippen LogP contribution in [0.4, 0.5) is 4.79 Å². The number of amides is 2. The molecule has 4 heteroatoms. The first-order chi connectivity index (χ1) is 12.3. The molecule has 1 N–H and O–H groups in total. The molecule has 1 aromatic carbocycles. The molecule has 0 saturated heterocycles. The second-order valence-corrected chi connectivity index (χ2v) is 6.76. The molecule has 1 saturated carbocycles. The van der Waals surface area contributed by atoms with Gasteiger partial charge < -0.3 is 10.2 Å². The van der Waals surface area contributed by atoms with Crippen LogP contribution in [0.5, 0.6) is 0 Å². The Bertz CT molecular complexity index is 639. The average molecular weight is 337 g/mol. The fraction of sp³-hybridized carbons (Fsp3) is 0.429. The molecule has 1 fully saturated rings. The Balaban J connectivity index is 1.63. The molecule has 1 aromatic heterocycles. The Morgan fingerprint density at radius 3 is 2.52 bits per heavy atom. The first kappa shape index (κ1) is 17.5. The molecule has 1 aliphatic rings. The van der Waals surface area contributed by atoms with E-state index in [1.165, 1.54) is 19.3 Å². The van der Waals surface area contributed by atoms with Gasteiger partial charge in [-0.25, -0.2) is 4.79 Å². The molecule has 0 radical (unpaired) electrons. The number of benzene rings is 1. The predicted octanol–water partition coefficient (Wildman–Crippen LogP) is 4.17. The molecule has 2 amide bonds. The Kier molecular flexibility index (Phi) is 6.43. The van der Waals surface area contributed by atoms with Gasteiger partial charge in [0.15, 0.2) is 0 Å². The van der Waals surface area contributed by atoms with Crippen molar-refractivity contribution in [2.75, 3.05) is 6.54 Å². The van der Waals surface area contributed by atoms with Crippen LogP contribution in [0.15, 0.2) is 54.7 Å². The van der Waals surface area contributed by atoms with E-state index >= 15 is 0 Å². The fourth-order valence-electron chi connectivity index (χ4n) is 3.36. The SMILES string of the molecule is O=C(NC1CCCCC1)N(CCc1ccccn1)Cc1ccccc1. The number of aromatic nitrogens is 1. The first-order valence-corrected chi connectivity index (χ1v) is 9.30. The highest BCUT2D eigenvalue weighted by molar-refractivity contribution is 5.74. The van der Waals surface area contributed by atoms with Gasteiger partial charge in [-0.2, -0.15) is 0 Å². The van der Waals surface area contributed by atoms with Crippen molar-refractivity contribution in [2.24, 2.45) is 0 Å². The zero-order valence-electron chi connectivity index (χ0n) is 14.7. The van der Waals surface area contributed by atoms with Crippen molar-refractivity contribution in [2.45, 2.75) is 51.1 Å². The zero-order chi connectivity index (χ0) is 17.3. The highest BCUT2D eigenvalue weighted by Crippen LogP contribution is 2.18. The molecule has 3 rings (SSSR count). The lowest BCUT2D eigenvalue weighted by Crippen LogP contribution is -2.45. The van der Waals surface area contributed by atoms with Crippen molar-refractivity contribution in [3.8, 4) is 0 Å². The molecular weight excluding hydrogens is 310 g/mol. The van der Waals surface area contributed by atoms with Gasteiger partial charge in [-0.1, -0.05) is 55.7 Å². The van der Waals surface area contributed by atoms with Gasteiger partial charge in [0.25, 0.3) is 0 Å². The van der Waals surface area contributed by atoms with E-state index in [2.05, 4.69) is 22.4 Å². The van der Waals surface area contributed by atoms with Crippen LogP contribution in [0.3, 0.4) is 0 Å². The van der Waals surface area contributed by atoms with E-state index in [4.69, 9.17) is 0 Å². The van der Waals surface area contributed by atoms with E-state index in [0.29, 0.717) is 19.1 Å². The third-order valence-corrected chi connectivity index (χ3v) is 4.80. The van der Waals surface area contributed by atoms with Crippen molar-refractivity contribution in [3.05, 3.63) is 66.0 Å². The van der Waals surface area contributed by atoms with E-state index in [0.717, 1.165) is 30.5 Å². The quantitative estimate of drug-likeness (QED) is 0.860. The molecule has 2 aromatic rings. The number of carbonyl (C=O) groups is 1. The van der Waals surface area contributed by atoms with Gasteiger partial charge in [0.05, 0.1) is 0 Å². The van der Waals surface area contributed by atoms with E-state index < -0.39 is 0 Å². The lowest BCUT2D eigenvalue weighted by molar-refractivity contribution is 0.187. The highest BCUT2D eigenvalue weighted by atomic mass is 16.2. The highest BCUT2D eigenvalue weighted by Gasteiger charge is 2.20. The Morgan fingerprint density at radius 1 is 1.04 bits per heavy atom. The van der Waals surface area contributed by atoms with Crippen LogP contribution in [0.2, 0.25) is 0 Å². The van der Waals surface area contributed by atoms with Crippen LogP contribution in [0, 0.1) is 0 Å². The summed E-state index contributed by atoms with van der Waals surface area (Å²) in [6.07, 6.45) is 8.51. The summed E-state index contributed by atoms with van der Waals surface area (Å²) in [4.78, 5) is 19.1. The van der Waals surface area contributed by atoms with Crippen LogP contribution in [0.1, 0.15) is 43.4 Å². The van der Waals surface area contributed by atoms with Crippen LogP contribution in [-0.2, 0) is 13.0 Å². The average Bonchev–Trinajstić information content (AvgIpc) is 2.67. The van der Waals surface area contributed by atoms with Crippen molar-refractivity contribution >= 4 is 6.03 Å². The molecular formula is C21H27N3O. The van der Waals surface area contributed by atoms with Crippen molar-refractivity contribution in [3.63, 3.8) is 0 Å². The zero-order valence-corrected chi connectivity index (χ0v) is 14.7. The normalized spacial score (nSPS) is 14.9. The third-order valence-electron chi connectivity index (χ3n) is 4.80. The maximum absolute atomic E-state index is 12.8. The summed E-state index contributed by atoms with van der Waals surface area (Å²) in [6, 6.07) is 16.5. The Morgan fingerprint density at radius 2 is 1.80 bits per heavy atom. The number of rotatable bonds is 6. The fourth-order valence-corrected chi connectivity index (χ4v) is 3.36. The minimum absolute atomic E-state index is 0.0479. The lowest BCUT2D eigenvalue weighted by Gasteiger charge is -2.28. The summed E-state index contributed by atoms with van der Waals surface area (Å²) in [7, 11) is 0. The third kappa shape index (κ3) is 5.59. The number of nitrogens with one attached hydrogen (secondary N) is 1. The van der Waals surface area contributed by atoms with E-state index in [-0.39, 0.29) is 6.03 Å². The topological polar surface area (TPSA) is 45.2 Å². The molecule has 4 nitrogen and oxygen atoms in total. The van der Waals surface area contributed by atoms with Gasteiger partial charge in [0.1, 0.15) is 0 Å². The number of urea groups is 1. The Labute approximate surface area is 150 Å². The summed E-state index contributed by atoms with van der Waals surface area (Å²) < 4.78 is 0. The smallest absolute Gasteiger partial charge is 0.317 e. The summed E-state index contributed by atoms with van der Waals surface area (Å²) in [5.74, 6) is 0. The monoisotopic (exact) mass is 337 g/mol. The molecule has 0 bridgehead atoms. The van der Waals surface area contributed by atoms with Crippen molar-refractivity contribution in [1.82, 2.24) is 15.2 Å². The number of hydrogen-bond acceptors (Lipinski definition) is 2. The van der Waals surface area contributed by atoms with Crippen LogP contribution in [0.25, 0.3) is 0 Å². The minimum atomic E-state index is 0.0479. The Hall–Kier alpha value is -2.36. The summed E-state index contributed by atoms with van der Waals surface area (Å²) in [5, 5.41) is 3.24. The maximum Gasteiger partial charge on any atom is 0.317 e. The molecule has 0 spiro atoms. The van der Waals surface area contributed by atoms with Gasteiger partial charge in [0.2, 0.25) is 0 Å². The van der Waals surface area contributed by atoms with E-state index in [1.807, 2.05) is 41.3 Å². The van der Waals surface area contributed by atoms with Gasteiger partial charge in [-0.15, -0.1) is 0 Å². The molecule has 1 aliphatic carbocycles. The van der Waals surface area contributed by atoms with Crippen molar-refractivity contribution < 1.29 is 4.79 Å². The van der Waals surface area contributed by atoms with E-state index in [1.54, 1.807) is 6.20 Å². The van der Waals surface area contributed by atoms with Gasteiger partial charge >= 0.3 is 6.03 Å². The van der Waals surface area contributed by atoms with Gasteiger partial charge in [0, 0.05) is 37.4 Å². The van der Waals surface area contributed by atoms with Crippen LogP contribution in [-0.4, -0.2) is 28.5 Å². The minimum Gasteiger partial charge on any atom is -0.335 e. The number of pyridine rings is 1. The van der Waals surface area contributed by atoms with E-state index in [9.17, 15) is 4.79 Å². The van der Waals surface area contributed by atoms with Gasteiger partial charge in [-0.3, -0.25) is 4.98 Å². The second-order valence-electron chi connectivity index (χ2n) is 6.76. The van der Waals surface area contributed by atoms with Crippen LogP contribution < -0.4 is 5.32 Å². The molecule has 0 unspecified atom stereocenters. The number of hydrogen-bond donors (Lipinski definition) is 1. The van der Waals surface area contributed by atoms with Crippen molar-refractivity contribution in [1.29, 1.82) is 0 Å². The maximum atomic E-state index is 12.8. The molecule has 132 valence electrons. The molecule has 25 heavy (non-hydrogen) atoms. The molecule has 1 heterocycles. The molecule has 0 atom stereocenters. The summed E-state index contributed by atoms with van der Waals surface area (Å²) in [6.45, 7) is 1.30. The summed E-state index contributed by atoms with van der Waals surface area (Å²) in [5.41, 5.74) is 2.17. The second kappa shape index (κ2) is 9.21. The first-order valence-electron chi connectivity index (χ1n) is 9.30. The van der Waals surface area contributed by atoms with Crippen LogP contribution >= 0.6 is 0 Å². The lowest BCUT2D eigenvalue weighted by atomic mass is 9.96. The van der Waals surface area contributed by atoms with Gasteiger partial charge in [-0.05, 0) is 30.5 Å². The number of carbonyl (C=O) groups excluding carboxylic acids is 1. The number of nitrogens with zero attached hydrogens (tertiary/aromatic N) is 2. The standard InChI is InChI=1S/C21H27N3O/c25-21(23-20-12-5-2-6-13-20)24(17-18-9-3-1-4-10-18)16-14-19-11-7-8-15-22-19/h1,3-4,7-11,15,20H,2,5-6,12-14,16-17H2,(H,23,25).